The molecule has 3 fully saturated rings. The average molecular weight is 384 g/mol. The number of aromatic nitrogens is 2. The largest absolute Gasteiger partial charge is 0.459 e. The molecule has 1 amide bonds. The van der Waals surface area contributed by atoms with E-state index in [0.717, 1.165) is 39.0 Å². The summed E-state index contributed by atoms with van der Waals surface area (Å²) in [7, 11) is 0. The molecule has 1 N–H and O–H groups in total. The monoisotopic (exact) mass is 384 g/mol. The Morgan fingerprint density at radius 2 is 2.36 bits per heavy atom. The van der Waals surface area contributed by atoms with E-state index in [9.17, 15) is 4.79 Å². The third-order valence-electron chi connectivity index (χ3n) is 7.00. The maximum Gasteiger partial charge on any atom is 0.286 e. The van der Waals surface area contributed by atoms with Crippen molar-refractivity contribution in [1.82, 2.24) is 20.0 Å². The van der Waals surface area contributed by atoms with Crippen molar-refractivity contribution in [3.63, 3.8) is 0 Å². The van der Waals surface area contributed by atoms with Gasteiger partial charge in [-0.2, -0.15) is 5.10 Å². The Morgan fingerprint density at radius 3 is 3.11 bits per heavy atom. The van der Waals surface area contributed by atoms with Crippen molar-refractivity contribution in [3.05, 3.63) is 41.6 Å². The predicted molar refractivity (Wildman–Crippen MR) is 103 cm³/mol. The van der Waals surface area contributed by atoms with E-state index in [-0.39, 0.29) is 17.6 Å². The number of hydrogen-bond acceptors (Lipinski definition) is 5. The van der Waals surface area contributed by atoms with Gasteiger partial charge < -0.3 is 14.5 Å². The van der Waals surface area contributed by atoms with Crippen LogP contribution in [-0.2, 0) is 17.8 Å². The van der Waals surface area contributed by atoms with Gasteiger partial charge in [0.05, 0.1) is 24.2 Å². The quantitative estimate of drug-likeness (QED) is 0.827. The summed E-state index contributed by atoms with van der Waals surface area (Å²) in [5, 5.41) is 7.55. The predicted octanol–water partition coefficient (Wildman–Crippen LogP) is 2.21. The maximum absolute atomic E-state index is 12.3. The molecule has 0 aromatic carbocycles. The van der Waals surface area contributed by atoms with Crippen LogP contribution in [0, 0.1) is 18.8 Å². The molecule has 7 nitrogen and oxygen atoms in total. The number of ether oxygens (including phenoxy) is 1. The molecule has 3 aliphatic heterocycles. The number of nitrogens with zero attached hydrogens (tertiary/aromatic N) is 3. The zero-order valence-corrected chi connectivity index (χ0v) is 16.6. The summed E-state index contributed by atoms with van der Waals surface area (Å²) < 4.78 is 13.8. The van der Waals surface area contributed by atoms with Crippen LogP contribution in [-0.4, -0.2) is 51.9 Å². The minimum atomic E-state index is -0.140. The normalized spacial score (nSPS) is 31.4. The Morgan fingerprint density at radius 1 is 1.46 bits per heavy atom. The van der Waals surface area contributed by atoms with Crippen LogP contribution >= 0.6 is 0 Å². The molecule has 4 atom stereocenters. The smallest absolute Gasteiger partial charge is 0.286 e. The second-order valence-electron chi connectivity index (χ2n) is 8.46. The first kappa shape index (κ1) is 17.9. The van der Waals surface area contributed by atoms with Crippen molar-refractivity contribution in [3.8, 4) is 0 Å². The van der Waals surface area contributed by atoms with Gasteiger partial charge in [-0.05, 0) is 38.8 Å². The van der Waals surface area contributed by atoms with Crippen molar-refractivity contribution in [2.24, 2.45) is 11.8 Å². The lowest BCUT2D eigenvalue weighted by molar-refractivity contribution is 0.00210. The molecule has 2 bridgehead atoms. The minimum Gasteiger partial charge on any atom is -0.459 e. The number of carbonyl (C=O) groups excluding carboxylic acids is 1. The third kappa shape index (κ3) is 2.79. The van der Waals surface area contributed by atoms with Crippen LogP contribution < -0.4 is 5.32 Å². The Labute approximate surface area is 165 Å². The Hall–Kier alpha value is -2.12. The molecule has 28 heavy (non-hydrogen) atoms. The lowest BCUT2D eigenvalue weighted by atomic mass is 9.73. The summed E-state index contributed by atoms with van der Waals surface area (Å²) in [6.45, 7) is 8.75. The van der Waals surface area contributed by atoms with Gasteiger partial charge in [0.1, 0.15) is 0 Å². The molecule has 0 radical (unpaired) electrons. The number of fused-ring (bicyclic) bond motifs is 1. The molecule has 2 aromatic rings. The summed E-state index contributed by atoms with van der Waals surface area (Å²) in [6.07, 6.45) is 6.03. The second kappa shape index (κ2) is 6.74. The highest BCUT2D eigenvalue weighted by atomic mass is 16.5. The van der Waals surface area contributed by atoms with Crippen LogP contribution in [0.4, 0.5) is 0 Å². The Balaban J connectivity index is 1.26. The summed E-state index contributed by atoms with van der Waals surface area (Å²) in [6, 6.07) is 3.44. The number of hydrogen-bond donors (Lipinski definition) is 1. The molecule has 7 heteroatoms. The van der Waals surface area contributed by atoms with Gasteiger partial charge in [-0.1, -0.05) is 0 Å². The van der Waals surface area contributed by atoms with Crippen LogP contribution in [0.25, 0.3) is 0 Å². The Bertz CT molecular complexity index is 861. The van der Waals surface area contributed by atoms with Crippen LogP contribution in [0.1, 0.15) is 41.6 Å². The van der Waals surface area contributed by atoms with Gasteiger partial charge in [0.15, 0.2) is 5.76 Å². The molecule has 5 heterocycles. The van der Waals surface area contributed by atoms with Crippen molar-refractivity contribution < 1.29 is 13.9 Å². The number of carbonyl (C=O) groups is 1. The number of nitrogens with one attached hydrogen (secondary N) is 1. The molecule has 3 saturated heterocycles. The van der Waals surface area contributed by atoms with E-state index in [1.54, 1.807) is 12.1 Å². The number of furan rings is 1. The van der Waals surface area contributed by atoms with Gasteiger partial charge in [-0.15, -0.1) is 0 Å². The lowest BCUT2D eigenvalue weighted by Crippen LogP contribution is -2.41. The molecule has 0 aliphatic carbocycles. The van der Waals surface area contributed by atoms with E-state index >= 15 is 0 Å². The van der Waals surface area contributed by atoms with Gasteiger partial charge in [0, 0.05) is 55.8 Å². The number of rotatable bonds is 6. The van der Waals surface area contributed by atoms with E-state index in [1.165, 1.54) is 17.5 Å². The second-order valence-corrected chi connectivity index (χ2v) is 8.46. The molecule has 2 aromatic heterocycles. The van der Waals surface area contributed by atoms with Gasteiger partial charge in [-0.25, -0.2) is 0 Å². The summed E-state index contributed by atoms with van der Waals surface area (Å²) in [5.41, 5.74) is 2.53. The molecule has 3 aliphatic rings. The summed E-state index contributed by atoms with van der Waals surface area (Å²) in [4.78, 5) is 14.8. The third-order valence-corrected chi connectivity index (χ3v) is 7.00. The van der Waals surface area contributed by atoms with Crippen LogP contribution in [0.2, 0.25) is 0 Å². The maximum atomic E-state index is 12.3. The SMILES string of the molecule is CCn1ncc(CN2C[C@@H]3[C@H](CNC(=O)c4ccco4)[C@H]4CC[C@]3(C2)O4)c1C. The fourth-order valence-electron chi connectivity index (χ4n) is 5.59. The highest BCUT2D eigenvalue weighted by Gasteiger charge is 2.62. The molecular formula is C21H28N4O3. The number of amides is 1. The first-order valence-electron chi connectivity index (χ1n) is 10.3. The van der Waals surface area contributed by atoms with E-state index in [4.69, 9.17) is 9.15 Å². The first-order chi connectivity index (χ1) is 13.6. The van der Waals surface area contributed by atoms with Gasteiger partial charge in [0.2, 0.25) is 0 Å². The Kier molecular flexibility index (Phi) is 4.32. The standard InChI is InChI=1S/C21H28N4O3/c1-3-25-14(2)15(9-23-25)11-24-12-17-16(18-6-7-21(17,13-24)28-18)10-22-20(26)19-5-4-8-27-19/h4-5,8-9,16-18H,3,6-7,10-13H2,1-2H3,(H,22,26)/t16-,17+,18+,21+/m0/s1. The van der Waals surface area contributed by atoms with E-state index in [1.807, 2.05) is 6.20 Å². The van der Waals surface area contributed by atoms with Gasteiger partial charge >= 0.3 is 0 Å². The molecule has 1 spiro atoms. The summed E-state index contributed by atoms with van der Waals surface area (Å²) >= 11 is 0. The van der Waals surface area contributed by atoms with Crippen molar-refractivity contribution >= 4 is 5.91 Å². The zero-order valence-electron chi connectivity index (χ0n) is 16.6. The van der Waals surface area contributed by atoms with Gasteiger partial charge in [-0.3, -0.25) is 14.4 Å². The van der Waals surface area contributed by atoms with Crippen LogP contribution in [0.5, 0.6) is 0 Å². The molecule has 150 valence electrons. The number of likely N-dealkylation sites (tertiary alicyclic amines) is 1. The topological polar surface area (TPSA) is 72.5 Å². The zero-order chi connectivity index (χ0) is 19.3. The minimum absolute atomic E-state index is 0.0284. The van der Waals surface area contributed by atoms with Crippen LogP contribution in [0.3, 0.4) is 0 Å². The lowest BCUT2D eigenvalue weighted by Gasteiger charge is -2.29. The van der Waals surface area contributed by atoms with E-state index in [2.05, 4.69) is 33.8 Å². The molecule has 5 rings (SSSR count). The first-order valence-corrected chi connectivity index (χ1v) is 10.3. The molecule has 0 saturated carbocycles. The van der Waals surface area contributed by atoms with E-state index < -0.39 is 0 Å². The van der Waals surface area contributed by atoms with E-state index in [0.29, 0.717) is 24.1 Å². The van der Waals surface area contributed by atoms with Gasteiger partial charge in [0.25, 0.3) is 5.91 Å². The van der Waals surface area contributed by atoms with Crippen LogP contribution in [0.15, 0.2) is 29.0 Å². The average Bonchev–Trinajstić information content (AvgIpc) is 3.48. The highest BCUT2D eigenvalue weighted by molar-refractivity contribution is 5.91. The van der Waals surface area contributed by atoms with Crippen molar-refractivity contribution in [2.75, 3.05) is 19.6 Å². The molecular weight excluding hydrogens is 356 g/mol. The number of aryl methyl sites for hydroxylation is 1. The fourth-order valence-corrected chi connectivity index (χ4v) is 5.59. The fraction of sp³-hybridized carbons (Fsp3) is 0.619. The highest BCUT2D eigenvalue weighted by Crippen LogP contribution is 2.54. The molecule has 0 unspecified atom stereocenters. The van der Waals surface area contributed by atoms with Crippen molar-refractivity contribution in [1.29, 1.82) is 0 Å². The summed E-state index contributed by atoms with van der Waals surface area (Å²) in [5.74, 6) is 1.08. The van der Waals surface area contributed by atoms with Crippen molar-refractivity contribution in [2.45, 2.75) is 51.5 Å².